The van der Waals surface area contributed by atoms with E-state index in [1.54, 1.807) is 12.1 Å². The Hall–Kier alpha value is -3.09. The summed E-state index contributed by atoms with van der Waals surface area (Å²) in [6, 6.07) is 10.9. The second kappa shape index (κ2) is 8.68. The smallest absolute Gasteiger partial charge is 0.272 e. The number of hydrogen-bond acceptors (Lipinski definition) is 4. The standard InChI is InChI=1S/C18H19FN2O4/c1-24-15-9-5-6-12(17(15)25-2)10-11-16(22)20-21-18(23)13-7-3-4-8-14(13)19/h3-9H,10-11H2,1-2H3,(H,20,22)(H,21,23). The molecule has 0 radical (unpaired) electrons. The highest BCUT2D eigenvalue weighted by molar-refractivity contribution is 5.95. The van der Waals surface area contributed by atoms with Gasteiger partial charge in [-0.2, -0.15) is 0 Å². The number of methoxy groups -OCH3 is 2. The first-order valence-corrected chi connectivity index (χ1v) is 7.60. The minimum absolute atomic E-state index is 0.112. The molecule has 7 heteroatoms. The summed E-state index contributed by atoms with van der Waals surface area (Å²) < 4.78 is 24.0. The molecule has 0 aliphatic rings. The van der Waals surface area contributed by atoms with Crippen LogP contribution >= 0.6 is 0 Å². The van der Waals surface area contributed by atoms with Gasteiger partial charge < -0.3 is 9.47 Å². The Morgan fingerprint density at radius 3 is 2.44 bits per heavy atom. The van der Waals surface area contributed by atoms with E-state index in [1.165, 1.54) is 38.5 Å². The van der Waals surface area contributed by atoms with Crippen LogP contribution in [0.3, 0.4) is 0 Å². The van der Waals surface area contributed by atoms with Crippen LogP contribution in [0.1, 0.15) is 22.3 Å². The number of halogens is 1. The molecular weight excluding hydrogens is 327 g/mol. The average molecular weight is 346 g/mol. The van der Waals surface area contributed by atoms with Gasteiger partial charge in [0.1, 0.15) is 5.82 Å². The number of hydrogen-bond donors (Lipinski definition) is 2. The molecule has 0 heterocycles. The van der Waals surface area contributed by atoms with Crippen molar-refractivity contribution in [3.63, 3.8) is 0 Å². The molecule has 2 aromatic rings. The zero-order valence-electron chi connectivity index (χ0n) is 14.0. The van der Waals surface area contributed by atoms with Gasteiger partial charge >= 0.3 is 0 Å². The quantitative estimate of drug-likeness (QED) is 0.787. The predicted molar refractivity (Wildman–Crippen MR) is 89.9 cm³/mol. The highest BCUT2D eigenvalue weighted by Gasteiger charge is 2.13. The molecule has 0 aliphatic heterocycles. The van der Waals surface area contributed by atoms with Crippen LogP contribution in [-0.4, -0.2) is 26.0 Å². The fraction of sp³-hybridized carbons (Fsp3) is 0.222. The number of hydrazine groups is 1. The Kier molecular flexibility index (Phi) is 6.33. The summed E-state index contributed by atoms with van der Waals surface area (Å²) in [6.45, 7) is 0. The summed E-state index contributed by atoms with van der Waals surface area (Å²) in [5.41, 5.74) is 5.12. The molecule has 0 fully saturated rings. The van der Waals surface area contributed by atoms with Crippen molar-refractivity contribution in [2.75, 3.05) is 14.2 Å². The van der Waals surface area contributed by atoms with Crippen LogP contribution in [0.25, 0.3) is 0 Å². The average Bonchev–Trinajstić information content (AvgIpc) is 2.64. The SMILES string of the molecule is COc1cccc(CCC(=O)NNC(=O)c2ccccc2F)c1OC. The summed E-state index contributed by atoms with van der Waals surface area (Å²) in [5, 5.41) is 0. The minimum Gasteiger partial charge on any atom is -0.493 e. The van der Waals surface area contributed by atoms with Crippen LogP contribution in [-0.2, 0) is 11.2 Å². The lowest BCUT2D eigenvalue weighted by Gasteiger charge is -2.12. The maximum absolute atomic E-state index is 13.5. The monoisotopic (exact) mass is 346 g/mol. The molecule has 0 aromatic heterocycles. The van der Waals surface area contributed by atoms with Crippen molar-refractivity contribution in [1.29, 1.82) is 0 Å². The van der Waals surface area contributed by atoms with Gasteiger partial charge in [-0.05, 0) is 30.2 Å². The highest BCUT2D eigenvalue weighted by atomic mass is 19.1. The van der Waals surface area contributed by atoms with Crippen molar-refractivity contribution in [2.45, 2.75) is 12.8 Å². The molecule has 2 N–H and O–H groups in total. The molecule has 0 atom stereocenters. The molecule has 2 amide bonds. The Bertz CT molecular complexity index is 764. The van der Waals surface area contributed by atoms with Crippen molar-refractivity contribution in [3.05, 3.63) is 59.4 Å². The number of amides is 2. The van der Waals surface area contributed by atoms with Crippen molar-refractivity contribution in [1.82, 2.24) is 10.9 Å². The van der Waals surface area contributed by atoms with Crippen molar-refractivity contribution in [3.8, 4) is 11.5 Å². The van der Waals surface area contributed by atoms with Crippen LogP contribution in [0.4, 0.5) is 4.39 Å². The number of ether oxygens (including phenoxy) is 2. The van der Waals surface area contributed by atoms with Crippen LogP contribution in [0.15, 0.2) is 42.5 Å². The van der Waals surface area contributed by atoms with Gasteiger partial charge in [-0.3, -0.25) is 20.4 Å². The first kappa shape index (κ1) is 18.3. The van der Waals surface area contributed by atoms with Gasteiger partial charge in [-0.25, -0.2) is 4.39 Å². The molecule has 25 heavy (non-hydrogen) atoms. The number of aryl methyl sites for hydroxylation is 1. The molecule has 132 valence electrons. The topological polar surface area (TPSA) is 76.7 Å². The van der Waals surface area contributed by atoms with Crippen LogP contribution in [0.2, 0.25) is 0 Å². The fourth-order valence-corrected chi connectivity index (χ4v) is 2.30. The number of carbonyl (C=O) groups is 2. The lowest BCUT2D eigenvalue weighted by Crippen LogP contribution is -2.42. The van der Waals surface area contributed by atoms with E-state index < -0.39 is 17.6 Å². The molecule has 2 rings (SSSR count). The lowest BCUT2D eigenvalue weighted by atomic mass is 10.1. The van der Waals surface area contributed by atoms with E-state index in [0.717, 1.165) is 5.56 Å². The van der Waals surface area contributed by atoms with Gasteiger partial charge in [0.2, 0.25) is 5.91 Å². The van der Waals surface area contributed by atoms with Crippen molar-refractivity contribution < 1.29 is 23.5 Å². The third-order valence-electron chi connectivity index (χ3n) is 3.54. The third kappa shape index (κ3) is 4.69. The summed E-state index contributed by atoms with van der Waals surface area (Å²) in [7, 11) is 3.06. The first-order valence-electron chi connectivity index (χ1n) is 7.60. The van der Waals surface area contributed by atoms with E-state index in [0.29, 0.717) is 17.9 Å². The number of carbonyl (C=O) groups excluding carboxylic acids is 2. The molecular formula is C18H19FN2O4. The van der Waals surface area contributed by atoms with Crippen LogP contribution < -0.4 is 20.3 Å². The van der Waals surface area contributed by atoms with Gasteiger partial charge in [-0.1, -0.05) is 24.3 Å². The molecule has 6 nitrogen and oxygen atoms in total. The normalized spacial score (nSPS) is 10.0. The van der Waals surface area contributed by atoms with E-state index >= 15 is 0 Å². The zero-order chi connectivity index (χ0) is 18.2. The van der Waals surface area contributed by atoms with Crippen molar-refractivity contribution >= 4 is 11.8 Å². The van der Waals surface area contributed by atoms with Gasteiger partial charge in [0.25, 0.3) is 5.91 Å². The summed E-state index contributed by atoms with van der Waals surface area (Å²) >= 11 is 0. The Balaban J connectivity index is 1.89. The van der Waals surface area contributed by atoms with Gasteiger partial charge in [0.05, 0.1) is 19.8 Å². The van der Waals surface area contributed by atoms with E-state index in [-0.39, 0.29) is 12.0 Å². The van der Waals surface area contributed by atoms with Gasteiger partial charge in [0.15, 0.2) is 11.5 Å². The number of benzene rings is 2. The second-order valence-electron chi connectivity index (χ2n) is 5.13. The summed E-state index contributed by atoms with van der Waals surface area (Å²) in [5.74, 6) is -0.642. The maximum Gasteiger partial charge on any atom is 0.272 e. The van der Waals surface area contributed by atoms with Gasteiger partial charge in [-0.15, -0.1) is 0 Å². The molecule has 0 bridgehead atoms. The molecule has 0 spiro atoms. The zero-order valence-corrected chi connectivity index (χ0v) is 14.0. The number of nitrogens with one attached hydrogen (secondary N) is 2. The van der Waals surface area contributed by atoms with Crippen LogP contribution in [0, 0.1) is 5.82 Å². The van der Waals surface area contributed by atoms with E-state index in [2.05, 4.69) is 10.9 Å². The molecule has 0 aliphatic carbocycles. The van der Waals surface area contributed by atoms with Crippen LogP contribution in [0.5, 0.6) is 11.5 Å². The van der Waals surface area contributed by atoms with Crippen molar-refractivity contribution in [2.24, 2.45) is 0 Å². The predicted octanol–water partition coefficient (Wildman–Crippen LogP) is 2.24. The summed E-state index contributed by atoms with van der Waals surface area (Å²) in [6.07, 6.45) is 0.503. The second-order valence-corrected chi connectivity index (χ2v) is 5.13. The van der Waals surface area contributed by atoms with E-state index in [9.17, 15) is 14.0 Å². The third-order valence-corrected chi connectivity index (χ3v) is 3.54. The molecule has 0 saturated carbocycles. The largest absolute Gasteiger partial charge is 0.493 e. The Morgan fingerprint density at radius 2 is 1.76 bits per heavy atom. The molecule has 0 unspecified atom stereocenters. The fourth-order valence-electron chi connectivity index (χ4n) is 2.30. The first-order chi connectivity index (χ1) is 12.1. The lowest BCUT2D eigenvalue weighted by molar-refractivity contribution is -0.121. The maximum atomic E-state index is 13.5. The Labute approximate surface area is 144 Å². The Morgan fingerprint density at radius 1 is 1.00 bits per heavy atom. The molecule has 0 saturated heterocycles. The number of para-hydroxylation sites is 1. The molecule has 2 aromatic carbocycles. The highest BCUT2D eigenvalue weighted by Crippen LogP contribution is 2.31. The van der Waals surface area contributed by atoms with E-state index in [1.807, 2.05) is 6.07 Å². The minimum atomic E-state index is -0.717. The summed E-state index contributed by atoms with van der Waals surface area (Å²) in [4.78, 5) is 23.7. The number of rotatable bonds is 6. The van der Waals surface area contributed by atoms with Gasteiger partial charge in [0, 0.05) is 6.42 Å². The van der Waals surface area contributed by atoms with E-state index in [4.69, 9.17) is 9.47 Å².